The molecule has 0 fully saturated rings. The van der Waals surface area contributed by atoms with Gasteiger partial charge in [-0.25, -0.2) is 15.0 Å². The lowest BCUT2D eigenvalue weighted by Crippen LogP contribution is -2.33. The zero-order valence-corrected chi connectivity index (χ0v) is 38.0. The lowest BCUT2D eigenvalue weighted by Gasteiger charge is -2.20. The molecule has 60 heavy (non-hydrogen) atoms. The SMILES string of the molecule is CC1(C)CNc2ncc(Br)cc2OC1.CC1(C)COc2cc(Br)cnc2NC1=O.Cc1c(CN(C)C(=O)/C=C/c2cnc3c(c2)OCC(C)(C)C(=O)N3)oc2ccccc12. The Balaban J connectivity index is 0.000000172. The predicted octanol–water partition coefficient (Wildman–Crippen LogP) is 9.04. The van der Waals surface area contributed by atoms with Crippen LogP contribution in [0, 0.1) is 23.2 Å². The largest absolute Gasteiger partial charge is 0.489 e. The summed E-state index contributed by atoms with van der Waals surface area (Å²) in [6.07, 6.45) is 8.15. The number of rotatable bonds is 4. The fraction of sp³-hybridized carbons (Fsp3) is 0.364. The number of anilines is 3. The predicted molar refractivity (Wildman–Crippen MR) is 238 cm³/mol. The molecule has 8 rings (SSSR count). The summed E-state index contributed by atoms with van der Waals surface area (Å²) >= 11 is 6.68. The van der Waals surface area contributed by atoms with Crippen LogP contribution in [0.1, 0.15) is 58.4 Å². The lowest BCUT2D eigenvalue weighted by molar-refractivity contribution is -0.126. The number of benzene rings is 1. The van der Waals surface area contributed by atoms with Crippen LogP contribution in [-0.2, 0) is 20.9 Å². The number of hydrogen-bond acceptors (Lipinski definition) is 11. The quantitative estimate of drug-likeness (QED) is 0.147. The minimum Gasteiger partial charge on any atom is -0.489 e. The van der Waals surface area contributed by atoms with E-state index in [0.29, 0.717) is 48.5 Å². The lowest BCUT2D eigenvalue weighted by atomic mass is 9.94. The number of fused-ring (bicyclic) bond motifs is 4. The fourth-order valence-electron chi connectivity index (χ4n) is 5.85. The standard InChI is InChI=1S/C24H25N3O4.C10H11BrN2O2.C10H13BrN2O/c1-15-17-7-5-6-8-18(17)31-20(15)13-27(4)21(28)10-9-16-11-19-22(25-12-16)26-23(29)24(2,3)14-30-19;1-10(2)5-15-7-3-6(11)4-12-8(7)13-9(10)14;1-10(2)5-13-9-8(14-6-10)3-7(11)4-12-9/h5-12H,13-14H2,1-4H3,(H,25,26,29);3-4H,5H2,1-2H3,(H,12,13,14);3-4H,5-6H2,1-2H3,(H,12,13)/b10-9+;;. The molecule has 16 heteroatoms. The number of nitrogens with one attached hydrogen (secondary N) is 3. The van der Waals surface area contributed by atoms with E-state index in [0.717, 1.165) is 49.4 Å². The molecule has 0 saturated heterocycles. The first-order chi connectivity index (χ1) is 28.3. The van der Waals surface area contributed by atoms with Crippen molar-refractivity contribution in [2.45, 2.75) is 55.0 Å². The highest BCUT2D eigenvalue weighted by Gasteiger charge is 2.34. The number of hydrogen-bond donors (Lipinski definition) is 3. The maximum atomic E-state index is 12.6. The minimum absolute atomic E-state index is 0.0731. The number of aromatic nitrogens is 3. The molecule has 5 aromatic rings. The van der Waals surface area contributed by atoms with Gasteiger partial charge in [0, 0.05) is 63.6 Å². The van der Waals surface area contributed by atoms with Crippen LogP contribution in [0.4, 0.5) is 17.5 Å². The van der Waals surface area contributed by atoms with Gasteiger partial charge < -0.3 is 39.5 Å². The first-order valence-electron chi connectivity index (χ1n) is 19.3. The van der Waals surface area contributed by atoms with Crippen LogP contribution >= 0.6 is 31.9 Å². The average Bonchev–Trinajstić information content (AvgIpc) is 3.27. The molecule has 0 bridgehead atoms. The number of ether oxygens (including phenoxy) is 3. The van der Waals surface area contributed by atoms with Crippen LogP contribution in [0.15, 0.2) is 80.5 Å². The third kappa shape index (κ3) is 10.8. The number of amides is 3. The van der Waals surface area contributed by atoms with Gasteiger partial charge in [-0.15, -0.1) is 0 Å². The summed E-state index contributed by atoms with van der Waals surface area (Å²) in [5.74, 6) is 4.00. The summed E-state index contributed by atoms with van der Waals surface area (Å²) in [6, 6.07) is 13.3. The van der Waals surface area contributed by atoms with Gasteiger partial charge in [0.1, 0.15) is 24.6 Å². The molecule has 0 spiro atoms. The van der Waals surface area contributed by atoms with Gasteiger partial charge in [-0.05, 0) is 102 Å². The van der Waals surface area contributed by atoms with Crippen molar-refractivity contribution in [1.82, 2.24) is 19.9 Å². The molecule has 0 atom stereocenters. The highest BCUT2D eigenvalue weighted by molar-refractivity contribution is 9.10. The van der Waals surface area contributed by atoms with Crippen molar-refractivity contribution in [2.75, 3.05) is 49.4 Å². The van der Waals surface area contributed by atoms with E-state index in [2.05, 4.69) is 76.6 Å². The number of aryl methyl sites for hydroxylation is 1. The summed E-state index contributed by atoms with van der Waals surface area (Å²) in [5, 5.41) is 9.87. The normalized spacial score (nSPS) is 16.9. The van der Waals surface area contributed by atoms with E-state index in [-0.39, 0.29) is 29.7 Å². The first kappa shape index (κ1) is 44.1. The van der Waals surface area contributed by atoms with Gasteiger partial charge >= 0.3 is 0 Å². The molecule has 0 saturated carbocycles. The Morgan fingerprint density at radius 2 is 1.32 bits per heavy atom. The smallest absolute Gasteiger partial charge is 0.246 e. The molecule has 3 N–H and O–H groups in total. The number of likely N-dealkylation sites (N-methyl/N-ethyl adjacent to an activating group) is 1. The molecule has 3 aliphatic heterocycles. The molecule has 0 aliphatic carbocycles. The van der Waals surface area contributed by atoms with Crippen molar-refractivity contribution in [3.63, 3.8) is 0 Å². The van der Waals surface area contributed by atoms with E-state index < -0.39 is 10.8 Å². The van der Waals surface area contributed by atoms with Gasteiger partial charge in [0.2, 0.25) is 17.7 Å². The van der Waals surface area contributed by atoms with Crippen molar-refractivity contribution >= 4 is 84.1 Å². The number of halogens is 2. The number of carbonyl (C=O) groups excluding carboxylic acids is 3. The van der Waals surface area contributed by atoms with E-state index in [1.54, 1.807) is 48.7 Å². The Hall–Kier alpha value is -5.48. The summed E-state index contributed by atoms with van der Waals surface area (Å²) < 4.78 is 24.7. The summed E-state index contributed by atoms with van der Waals surface area (Å²) in [7, 11) is 1.73. The second-order valence-corrected chi connectivity index (χ2v) is 18.7. The second kappa shape index (κ2) is 18.0. The van der Waals surface area contributed by atoms with Crippen molar-refractivity contribution < 1.29 is 33.0 Å². The molecule has 0 unspecified atom stereocenters. The van der Waals surface area contributed by atoms with E-state index in [1.807, 2.05) is 65.0 Å². The van der Waals surface area contributed by atoms with Crippen molar-refractivity contribution in [2.24, 2.45) is 16.2 Å². The summed E-state index contributed by atoms with van der Waals surface area (Å²) in [4.78, 5) is 50.8. The highest BCUT2D eigenvalue weighted by Crippen LogP contribution is 2.34. The van der Waals surface area contributed by atoms with E-state index in [1.165, 1.54) is 6.08 Å². The van der Waals surface area contributed by atoms with Crippen LogP contribution in [-0.4, -0.2) is 71.0 Å². The topological polar surface area (TPSA) is 170 Å². The van der Waals surface area contributed by atoms with Gasteiger partial charge in [-0.3, -0.25) is 14.4 Å². The van der Waals surface area contributed by atoms with E-state index in [4.69, 9.17) is 18.6 Å². The maximum Gasteiger partial charge on any atom is 0.246 e. The Bertz CT molecular complexity index is 2450. The number of furan rings is 1. The van der Waals surface area contributed by atoms with Gasteiger partial charge in [0.25, 0.3) is 0 Å². The number of para-hydroxylation sites is 1. The van der Waals surface area contributed by atoms with Crippen LogP contribution in [0.2, 0.25) is 0 Å². The zero-order valence-electron chi connectivity index (χ0n) is 34.9. The maximum absolute atomic E-state index is 12.6. The molecule has 4 aromatic heterocycles. The van der Waals surface area contributed by atoms with Gasteiger partial charge in [-0.1, -0.05) is 32.0 Å². The van der Waals surface area contributed by atoms with Crippen LogP contribution in [0.5, 0.6) is 17.2 Å². The van der Waals surface area contributed by atoms with E-state index >= 15 is 0 Å². The average molecular weight is 948 g/mol. The molecule has 316 valence electrons. The summed E-state index contributed by atoms with van der Waals surface area (Å²) in [6.45, 7) is 16.2. The van der Waals surface area contributed by atoms with Crippen molar-refractivity contribution in [3.8, 4) is 17.2 Å². The Labute approximate surface area is 366 Å². The Morgan fingerprint density at radius 1 is 0.783 bits per heavy atom. The first-order valence-corrected chi connectivity index (χ1v) is 20.9. The van der Waals surface area contributed by atoms with Crippen molar-refractivity contribution in [1.29, 1.82) is 0 Å². The zero-order chi connectivity index (χ0) is 43.4. The van der Waals surface area contributed by atoms with Crippen LogP contribution in [0.25, 0.3) is 17.0 Å². The third-order valence-electron chi connectivity index (χ3n) is 9.85. The summed E-state index contributed by atoms with van der Waals surface area (Å²) in [5.41, 5.74) is 1.52. The second-order valence-electron chi connectivity index (χ2n) is 16.8. The molecule has 3 aliphatic rings. The number of nitrogens with zero attached hydrogens (tertiary/aromatic N) is 4. The van der Waals surface area contributed by atoms with Gasteiger partial charge in [0.15, 0.2) is 34.7 Å². The Morgan fingerprint density at radius 3 is 1.93 bits per heavy atom. The third-order valence-corrected chi connectivity index (χ3v) is 10.7. The molecule has 14 nitrogen and oxygen atoms in total. The molecule has 3 amide bonds. The van der Waals surface area contributed by atoms with Crippen LogP contribution in [0.3, 0.4) is 0 Å². The minimum atomic E-state index is -0.649. The van der Waals surface area contributed by atoms with Gasteiger partial charge in [0.05, 0.1) is 24.0 Å². The molecular weight excluding hydrogens is 898 g/mol. The Kier molecular flexibility index (Phi) is 13.2. The molecule has 1 aromatic carbocycles. The molecule has 0 radical (unpaired) electrons. The monoisotopic (exact) mass is 945 g/mol. The number of carbonyl (C=O) groups is 3. The fourth-order valence-corrected chi connectivity index (χ4v) is 6.48. The molecular formula is C44H49Br2N7O7. The number of pyridine rings is 3. The molecule has 7 heterocycles. The van der Waals surface area contributed by atoms with Gasteiger partial charge in [-0.2, -0.15) is 0 Å². The van der Waals surface area contributed by atoms with Crippen LogP contribution < -0.4 is 30.2 Å². The van der Waals surface area contributed by atoms with E-state index in [9.17, 15) is 14.4 Å². The van der Waals surface area contributed by atoms with Crippen molar-refractivity contribution in [3.05, 3.63) is 93.0 Å². The highest BCUT2D eigenvalue weighted by atomic mass is 79.9.